The Labute approximate surface area is 135 Å². The number of carboxylic acids is 1. The third-order valence-electron chi connectivity index (χ3n) is 3.35. The van der Waals surface area contributed by atoms with Gasteiger partial charge in [0, 0.05) is 6.42 Å². The number of H-pyrrole nitrogens is 1. The van der Waals surface area contributed by atoms with E-state index < -0.39 is 17.2 Å². The molecule has 8 nitrogen and oxygen atoms in total. The number of aromatic carboxylic acids is 1. The standard InChI is InChI=1S/C16H13N3O5/c20-14-12(8-10-4-2-1-3-5-10)18-19(16(23)17-14)9-11-6-7-13(24-11)15(21)22/h1-7H,8-9H2,(H,21,22)(H,17,20,23). The topological polar surface area (TPSA) is 118 Å². The molecule has 3 aromatic rings. The summed E-state index contributed by atoms with van der Waals surface area (Å²) in [5, 5.41) is 12.9. The van der Waals surface area contributed by atoms with Crippen molar-refractivity contribution in [1.82, 2.24) is 14.8 Å². The molecule has 2 heterocycles. The lowest BCUT2D eigenvalue weighted by Crippen LogP contribution is -2.35. The molecule has 0 atom stereocenters. The quantitative estimate of drug-likeness (QED) is 0.717. The van der Waals surface area contributed by atoms with Gasteiger partial charge in [0.1, 0.15) is 18.0 Å². The van der Waals surface area contributed by atoms with E-state index in [9.17, 15) is 14.4 Å². The summed E-state index contributed by atoms with van der Waals surface area (Å²) < 4.78 is 6.13. The minimum atomic E-state index is -1.20. The van der Waals surface area contributed by atoms with E-state index >= 15 is 0 Å². The zero-order chi connectivity index (χ0) is 17.1. The maximum Gasteiger partial charge on any atom is 0.371 e. The second-order valence-corrected chi connectivity index (χ2v) is 5.10. The van der Waals surface area contributed by atoms with Crippen LogP contribution in [-0.4, -0.2) is 25.8 Å². The lowest BCUT2D eigenvalue weighted by molar-refractivity contribution is 0.0660. The first kappa shape index (κ1) is 15.5. The summed E-state index contributed by atoms with van der Waals surface area (Å²) in [6.07, 6.45) is 0.273. The van der Waals surface area contributed by atoms with E-state index in [1.807, 2.05) is 30.3 Å². The molecular weight excluding hydrogens is 314 g/mol. The van der Waals surface area contributed by atoms with Crippen LogP contribution in [0.3, 0.4) is 0 Å². The summed E-state index contributed by atoms with van der Waals surface area (Å²) in [5.41, 5.74) is -0.173. The number of nitrogens with zero attached hydrogens (tertiary/aromatic N) is 2. The molecule has 0 aliphatic carbocycles. The van der Waals surface area contributed by atoms with Crippen LogP contribution in [0.1, 0.15) is 27.6 Å². The lowest BCUT2D eigenvalue weighted by Gasteiger charge is -2.05. The Kier molecular flexibility index (Phi) is 4.11. The van der Waals surface area contributed by atoms with E-state index in [0.29, 0.717) is 0 Å². The summed E-state index contributed by atoms with van der Waals surface area (Å²) in [7, 11) is 0. The SMILES string of the molecule is O=C(O)c1ccc(Cn2nc(Cc3ccccc3)c(=O)[nH]c2=O)o1. The summed E-state index contributed by atoms with van der Waals surface area (Å²) in [6.45, 7) is -0.0787. The van der Waals surface area contributed by atoms with Gasteiger partial charge in [0.05, 0.1) is 0 Å². The first-order valence-corrected chi connectivity index (χ1v) is 7.09. The van der Waals surface area contributed by atoms with Crippen molar-refractivity contribution in [2.24, 2.45) is 0 Å². The van der Waals surface area contributed by atoms with Gasteiger partial charge in [-0.15, -0.1) is 0 Å². The van der Waals surface area contributed by atoms with Crippen LogP contribution < -0.4 is 11.2 Å². The van der Waals surface area contributed by atoms with Gasteiger partial charge in [0.25, 0.3) is 5.56 Å². The number of benzene rings is 1. The van der Waals surface area contributed by atoms with Gasteiger partial charge in [-0.2, -0.15) is 5.10 Å². The number of carboxylic acid groups (broad SMARTS) is 1. The van der Waals surface area contributed by atoms with Crippen molar-refractivity contribution in [3.8, 4) is 0 Å². The van der Waals surface area contributed by atoms with E-state index in [4.69, 9.17) is 9.52 Å². The van der Waals surface area contributed by atoms with Crippen LogP contribution in [0.15, 0.2) is 56.5 Å². The highest BCUT2D eigenvalue weighted by molar-refractivity contribution is 5.84. The summed E-state index contributed by atoms with van der Waals surface area (Å²) in [5.74, 6) is -1.18. The fraction of sp³-hybridized carbons (Fsp3) is 0.125. The van der Waals surface area contributed by atoms with E-state index in [-0.39, 0.29) is 30.2 Å². The fourth-order valence-corrected chi connectivity index (χ4v) is 2.21. The number of furan rings is 1. The molecular formula is C16H13N3O5. The van der Waals surface area contributed by atoms with Gasteiger partial charge in [-0.25, -0.2) is 14.3 Å². The molecule has 0 radical (unpaired) electrons. The van der Waals surface area contributed by atoms with Crippen molar-refractivity contribution in [3.63, 3.8) is 0 Å². The maximum absolute atomic E-state index is 11.9. The molecule has 0 spiro atoms. The normalized spacial score (nSPS) is 10.7. The zero-order valence-electron chi connectivity index (χ0n) is 12.4. The molecule has 2 N–H and O–H groups in total. The van der Waals surface area contributed by atoms with Gasteiger partial charge in [0.2, 0.25) is 5.76 Å². The summed E-state index contributed by atoms with van der Waals surface area (Å²) in [6, 6.07) is 12.0. The number of aromatic nitrogens is 3. The largest absolute Gasteiger partial charge is 0.475 e. The molecule has 122 valence electrons. The van der Waals surface area contributed by atoms with Gasteiger partial charge in [-0.3, -0.25) is 9.78 Å². The third-order valence-corrected chi connectivity index (χ3v) is 3.35. The molecule has 0 fully saturated rings. The molecule has 0 amide bonds. The first-order chi connectivity index (χ1) is 11.5. The molecule has 0 bridgehead atoms. The van der Waals surface area contributed by atoms with Crippen LogP contribution in [0.2, 0.25) is 0 Å². The Morgan fingerprint density at radius 3 is 2.58 bits per heavy atom. The smallest absolute Gasteiger partial charge is 0.371 e. The lowest BCUT2D eigenvalue weighted by atomic mass is 10.1. The molecule has 0 aliphatic rings. The van der Waals surface area contributed by atoms with Gasteiger partial charge in [-0.1, -0.05) is 30.3 Å². The van der Waals surface area contributed by atoms with Gasteiger partial charge >= 0.3 is 11.7 Å². The number of hydrogen-bond acceptors (Lipinski definition) is 5. The molecule has 0 unspecified atom stereocenters. The van der Waals surface area contributed by atoms with Crippen LogP contribution in [0.4, 0.5) is 0 Å². The molecule has 3 rings (SSSR count). The fourth-order valence-electron chi connectivity index (χ4n) is 2.21. The number of rotatable bonds is 5. The molecule has 1 aromatic carbocycles. The van der Waals surface area contributed by atoms with E-state index in [2.05, 4.69) is 10.1 Å². The molecule has 0 aliphatic heterocycles. The summed E-state index contributed by atoms with van der Waals surface area (Å²) in [4.78, 5) is 36.8. The third kappa shape index (κ3) is 3.32. The highest BCUT2D eigenvalue weighted by Gasteiger charge is 2.12. The molecule has 0 saturated heterocycles. The van der Waals surface area contributed by atoms with Crippen LogP contribution in [0, 0.1) is 0 Å². The molecule has 8 heteroatoms. The van der Waals surface area contributed by atoms with Crippen molar-refractivity contribution >= 4 is 5.97 Å². The maximum atomic E-state index is 11.9. The Hall–Kier alpha value is -3.42. The Bertz CT molecular complexity index is 985. The Balaban J connectivity index is 1.90. The minimum Gasteiger partial charge on any atom is -0.475 e. The van der Waals surface area contributed by atoms with E-state index in [1.54, 1.807) is 0 Å². The Morgan fingerprint density at radius 2 is 1.92 bits per heavy atom. The highest BCUT2D eigenvalue weighted by atomic mass is 16.4. The van der Waals surface area contributed by atoms with Crippen LogP contribution in [0.25, 0.3) is 0 Å². The van der Waals surface area contributed by atoms with Gasteiger partial charge < -0.3 is 9.52 Å². The molecule has 0 saturated carbocycles. The number of nitrogens with one attached hydrogen (secondary N) is 1. The highest BCUT2D eigenvalue weighted by Crippen LogP contribution is 2.08. The predicted octanol–water partition coefficient (Wildman–Crippen LogP) is 0.862. The van der Waals surface area contributed by atoms with E-state index in [0.717, 1.165) is 10.2 Å². The molecule has 24 heavy (non-hydrogen) atoms. The summed E-state index contributed by atoms with van der Waals surface area (Å²) >= 11 is 0. The predicted molar refractivity (Wildman–Crippen MR) is 83.1 cm³/mol. The van der Waals surface area contributed by atoms with Crippen molar-refractivity contribution in [2.75, 3.05) is 0 Å². The average Bonchev–Trinajstić information content (AvgIpc) is 3.02. The second-order valence-electron chi connectivity index (χ2n) is 5.10. The minimum absolute atomic E-state index is 0.0787. The Morgan fingerprint density at radius 1 is 1.17 bits per heavy atom. The number of carbonyl (C=O) groups is 1. The van der Waals surface area contributed by atoms with Crippen molar-refractivity contribution in [2.45, 2.75) is 13.0 Å². The van der Waals surface area contributed by atoms with Crippen molar-refractivity contribution in [3.05, 3.63) is 86.1 Å². The number of aromatic amines is 1. The second kappa shape index (κ2) is 6.37. The average molecular weight is 327 g/mol. The monoisotopic (exact) mass is 327 g/mol. The van der Waals surface area contributed by atoms with Crippen LogP contribution in [0.5, 0.6) is 0 Å². The molecule has 2 aromatic heterocycles. The van der Waals surface area contributed by atoms with Crippen LogP contribution >= 0.6 is 0 Å². The van der Waals surface area contributed by atoms with Gasteiger partial charge in [0.15, 0.2) is 0 Å². The van der Waals surface area contributed by atoms with Crippen molar-refractivity contribution in [1.29, 1.82) is 0 Å². The van der Waals surface area contributed by atoms with Crippen LogP contribution in [-0.2, 0) is 13.0 Å². The van der Waals surface area contributed by atoms with Crippen molar-refractivity contribution < 1.29 is 14.3 Å². The van der Waals surface area contributed by atoms with Gasteiger partial charge in [-0.05, 0) is 17.7 Å². The number of hydrogen-bond donors (Lipinski definition) is 2. The zero-order valence-corrected chi connectivity index (χ0v) is 12.4. The first-order valence-electron chi connectivity index (χ1n) is 7.09. The van der Waals surface area contributed by atoms with E-state index in [1.165, 1.54) is 12.1 Å².